The lowest BCUT2D eigenvalue weighted by molar-refractivity contribution is 0.113. The van der Waals surface area contributed by atoms with Crippen LogP contribution in [-0.2, 0) is 13.6 Å². The molecule has 0 radical (unpaired) electrons. The van der Waals surface area contributed by atoms with Crippen molar-refractivity contribution in [1.29, 1.82) is 0 Å². The third-order valence-electron chi connectivity index (χ3n) is 5.70. The normalized spacial score (nSPS) is 14.9. The fourth-order valence-electron chi connectivity index (χ4n) is 3.65. The highest BCUT2D eigenvalue weighted by Crippen LogP contribution is 2.33. The molecule has 0 aromatic rings. The van der Waals surface area contributed by atoms with Gasteiger partial charge in [0.25, 0.3) is 0 Å². The third-order valence-corrected chi connectivity index (χ3v) is 6.75. The van der Waals surface area contributed by atoms with Crippen molar-refractivity contribution < 1.29 is 13.6 Å². The summed E-state index contributed by atoms with van der Waals surface area (Å²) in [5, 5.41) is 0. The summed E-state index contributed by atoms with van der Waals surface area (Å²) >= 11 is 0. The topological polar surface area (TPSA) is 35.5 Å². The van der Waals surface area contributed by atoms with Gasteiger partial charge in [-0.3, -0.25) is 4.57 Å². The molecule has 0 bridgehead atoms. The molecule has 0 aliphatic rings. The quantitative estimate of drug-likeness (QED) is 0.130. The van der Waals surface area contributed by atoms with E-state index < -0.39 is 8.25 Å². The lowest BCUT2D eigenvalue weighted by Crippen LogP contribution is -2.12. The van der Waals surface area contributed by atoms with E-state index in [0.29, 0.717) is 0 Å². The Morgan fingerprint density at radius 3 is 1.18 bits per heavy atom. The Bertz CT molecular complexity index is 306. The zero-order valence-electron chi connectivity index (χ0n) is 19.6. The molecule has 0 saturated carbocycles. The van der Waals surface area contributed by atoms with Crippen molar-refractivity contribution >= 4 is 8.25 Å². The molecule has 0 rings (SSSR count). The molecular formula is C24H51O3P. The highest BCUT2D eigenvalue weighted by Gasteiger charge is 2.15. The van der Waals surface area contributed by atoms with Gasteiger partial charge in [-0.05, 0) is 25.7 Å². The molecule has 0 saturated heterocycles. The molecule has 0 aromatic heterocycles. The van der Waals surface area contributed by atoms with Crippen molar-refractivity contribution in [2.45, 2.75) is 155 Å². The Morgan fingerprint density at radius 2 is 0.857 bits per heavy atom. The standard InChI is InChI=1S/C24H51O3P/c1-5-9-11-13-15-17-19-21-23(7-3)26-28(25)27-24(8-4)22-20-18-16-14-12-10-6-2/h23-24,28H,5-22H2,1-4H3. The van der Waals surface area contributed by atoms with Gasteiger partial charge in [0.15, 0.2) is 0 Å². The minimum atomic E-state index is -2.37. The van der Waals surface area contributed by atoms with Crippen LogP contribution in [0.2, 0.25) is 0 Å². The SMILES string of the molecule is CCCCCCCCCC(CC)O[PH](=O)OC(CC)CCCCCCCCC. The van der Waals surface area contributed by atoms with Gasteiger partial charge in [-0.2, -0.15) is 0 Å². The molecule has 0 aliphatic carbocycles. The van der Waals surface area contributed by atoms with Crippen LogP contribution >= 0.6 is 8.25 Å². The Kier molecular flexibility index (Phi) is 22.0. The van der Waals surface area contributed by atoms with Gasteiger partial charge in [-0.25, -0.2) is 0 Å². The number of unbranched alkanes of at least 4 members (excludes halogenated alkanes) is 12. The van der Waals surface area contributed by atoms with E-state index in [0.717, 1.165) is 25.7 Å². The van der Waals surface area contributed by atoms with Crippen LogP contribution in [0.15, 0.2) is 0 Å². The number of hydrogen-bond acceptors (Lipinski definition) is 3. The fraction of sp³-hybridized carbons (Fsp3) is 1.00. The third kappa shape index (κ3) is 18.2. The van der Waals surface area contributed by atoms with Gasteiger partial charge in [0.05, 0.1) is 12.2 Å². The molecular weight excluding hydrogens is 367 g/mol. The van der Waals surface area contributed by atoms with Crippen molar-refractivity contribution in [3.63, 3.8) is 0 Å². The summed E-state index contributed by atoms with van der Waals surface area (Å²) in [6.45, 7) is 8.75. The first-order valence-corrected chi connectivity index (χ1v) is 13.8. The lowest BCUT2D eigenvalue weighted by atomic mass is 10.1. The largest absolute Gasteiger partial charge is 0.319 e. The molecule has 0 fully saturated rings. The van der Waals surface area contributed by atoms with Crippen molar-refractivity contribution in [2.75, 3.05) is 0 Å². The summed E-state index contributed by atoms with van der Waals surface area (Å²) in [7, 11) is -2.37. The summed E-state index contributed by atoms with van der Waals surface area (Å²) in [5.41, 5.74) is 0. The van der Waals surface area contributed by atoms with Gasteiger partial charge in [0, 0.05) is 0 Å². The molecule has 0 N–H and O–H groups in total. The second-order valence-electron chi connectivity index (χ2n) is 8.37. The fourth-order valence-corrected chi connectivity index (χ4v) is 4.82. The summed E-state index contributed by atoms with van der Waals surface area (Å²) in [6.07, 6.45) is 22.3. The molecule has 2 unspecified atom stereocenters. The lowest BCUT2D eigenvalue weighted by Gasteiger charge is -2.19. The van der Waals surface area contributed by atoms with E-state index in [1.807, 2.05) is 0 Å². The maximum Gasteiger partial charge on any atom is 0.319 e. The second kappa shape index (κ2) is 21.8. The molecule has 170 valence electrons. The zero-order chi connectivity index (χ0) is 20.9. The van der Waals surface area contributed by atoms with Crippen LogP contribution in [0.25, 0.3) is 0 Å². The average Bonchev–Trinajstić information content (AvgIpc) is 2.70. The Hall–Kier alpha value is 0.150. The van der Waals surface area contributed by atoms with E-state index in [1.165, 1.54) is 89.9 Å². The highest BCUT2D eigenvalue weighted by molar-refractivity contribution is 7.33. The monoisotopic (exact) mass is 418 g/mol. The van der Waals surface area contributed by atoms with E-state index in [2.05, 4.69) is 27.7 Å². The Balaban J connectivity index is 3.83. The molecule has 0 heterocycles. The van der Waals surface area contributed by atoms with E-state index in [9.17, 15) is 4.57 Å². The molecule has 28 heavy (non-hydrogen) atoms. The first-order chi connectivity index (χ1) is 13.7. The van der Waals surface area contributed by atoms with Gasteiger partial charge >= 0.3 is 8.25 Å². The maximum absolute atomic E-state index is 12.3. The second-order valence-corrected chi connectivity index (χ2v) is 9.34. The zero-order valence-corrected chi connectivity index (χ0v) is 20.6. The predicted octanol–water partition coefficient (Wildman–Crippen LogP) is 9.25. The molecule has 0 aromatic carbocycles. The van der Waals surface area contributed by atoms with Crippen LogP contribution in [0.5, 0.6) is 0 Å². The van der Waals surface area contributed by atoms with Crippen molar-refractivity contribution in [2.24, 2.45) is 0 Å². The van der Waals surface area contributed by atoms with Crippen LogP contribution in [0.1, 0.15) is 143 Å². The van der Waals surface area contributed by atoms with Crippen molar-refractivity contribution in [3.8, 4) is 0 Å². The van der Waals surface area contributed by atoms with Crippen LogP contribution < -0.4 is 0 Å². The van der Waals surface area contributed by atoms with Crippen molar-refractivity contribution in [3.05, 3.63) is 0 Å². The number of rotatable bonds is 22. The molecule has 0 spiro atoms. The first-order valence-electron chi connectivity index (χ1n) is 12.5. The summed E-state index contributed by atoms with van der Waals surface area (Å²) < 4.78 is 23.9. The molecule has 0 aliphatic heterocycles. The van der Waals surface area contributed by atoms with Gasteiger partial charge in [0.2, 0.25) is 0 Å². The van der Waals surface area contributed by atoms with E-state index in [4.69, 9.17) is 9.05 Å². The average molecular weight is 419 g/mol. The maximum atomic E-state index is 12.3. The Morgan fingerprint density at radius 1 is 0.536 bits per heavy atom. The smallest absolute Gasteiger partial charge is 0.307 e. The first kappa shape index (κ1) is 28.1. The van der Waals surface area contributed by atoms with Crippen molar-refractivity contribution in [1.82, 2.24) is 0 Å². The summed E-state index contributed by atoms with van der Waals surface area (Å²) in [6, 6.07) is 0. The summed E-state index contributed by atoms with van der Waals surface area (Å²) in [5.74, 6) is 0. The highest BCUT2D eigenvalue weighted by atomic mass is 31.1. The van der Waals surface area contributed by atoms with Gasteiger partial charge in [-0.15, -0.1) is 0 Å². The van der Waals surface area contributed by atoms with E-state index in [-0.39, 0.29) is 12.2 Å². The van der Waals surface area contributed by atoms with Crippen LogP contribution in [0, 0.1) is 0 Å². The molecule has 3 nitrogen and oxygen atoms in total. The minimum Gasteiger partial charge on any atom is -0.307 e. The van der Waals surface area contributed by atoms with Crippen LogP contribution in [0.4, 0.5) is 0 Å². The number of hydrogen-bond donors (Lipinski definition) is 0. The molecule has 4 heteroatoms. The Labute approximate surface area is 177 Å². The van der Waals surface area contributed by atoms with E-state index in [1.54, 1.807) is 0 Å². The summed E-state index contributed by atoms with van der Waals surface area (Å²) in [4.78, 5) is 0. The van der Waals surface area contributed by atoms with Crippen LogP contribution in [0.3, 0.4) is 0 Å². The minimum absolute atomic E-state index is 0.0955. The van der Waals surface area contributed by atoms with Gasteiger partial charge in [-0.1, -0.05) is 118 Å². The predicted molar refractivity (Wildman–Crippen MR) is 125 cm³/mol. The molecule has 2 atom stereocenters. The van der Waals surface area contributed by atoms with Gasteiger partial charge in [0.1, 0.15) is 0 Å². The van der Waals surface area contributed by atoms with Crippen LogP contribution in [-0.4, -0.2) is 12.2 Å². The molecule has 0 amide bonds. The van der Waals surface area contributed by atoms with Gasteiger partial charge < -0.3 is 9.05 Å². The van der Waals surface area contributed by atoms with E-state index >= 15 is 0 Å².